The van der Waals surface area contributed by atoms with Gasteiger partial charge in [-0.25, -0.2) is 14.8 Å². The van der Waals surface area contributed by atoms with Gasteiger partial charge in [-0.15, -0.1) is 11.3 Å². The SMILES string of the molecule is COC(=O)NC(=O)[C@@H](C)Sc1ncnc2scc(-c3ccc(C)cc3)c12. The molecule has 3 rings (SSSR count). The van der Waals surface area contributed by atoms with Crippen LogP contribution in [0.15, 0.2) is 41.0 Å². The second kappa shape index (κ2) is 7.84. The number of imide groups is 1. The first-order valence-electron chi connectivity index (χ1n) is 7.84. The quantitative estimate of drug-likeness (QED) is 0.538. The lowest BCUT2D eigenvalue weighted by atomic mass is 10.1. The van der Waals surface area contributed by atoms with Gasteiger partial charge in [0, 0.05) is 10.9 Å². The molecule has 0 fully saturated rings. The van der Waals surface area contributed by atoms with Gasteiger partial charge in [0.15, 0.2) is 0 Å². The van der Waals surface area contributed by atoms with Gasteiger partial charge < -0.3 is 4.74 Å². The fourth-order valence-corrected chi connectivity index (χ4v) is 4.27. The van der Waals surface area contributed by atoms with Crippen molar-refractivity contribution in [2.75, 3.05) is 7.11 Å². The Hall–Kier alpha value is -2.45. The first-order valence-corrected chi connectivity index (χ1v) is 9.60. The van der Waals surface area contributed by atoms with E-state index >= 15 is 0 Å². The fraction of sp³-hybridized carbons (Fsp3) is 0.222. The summed E-state index contributed by atoms with van der Waals surface area (Å²) < 4.78 is 4.46. The first-order chi connectivity index (χ1) is 12.5. The van der Waals surface area contributed by atoms with E-state index in [9.17, 15) is 9.59 Å². The van der Waals surface area contributed by atoms with Crippen LogP contribution in [0, 0.1) is 6.92 Å². The number of thiophene rings is 1. The number of nitrogens with one attached hydrogen (secondary N) is 1. The zero-order valence-electron chi connectivity index (χ0n) is 14.5. The summed E-state index contributed by atoms with van der Waals surface area (Å²) in [6, 6.07) is 8.24. The minimum absolute atomic E-state index is 0.430. The van der Waals surface area contributed by atoms with Gasteiger partial charge in [0.25, 0.3) is 0 Å². The molecule has 2 aromatic heterocycles. The van der Waals surface area contributed by atoms with Crippen LogP contribution < -0.4 is 5.32 Å². The second-order valence-corrected chi connectivity index (χ2v) is 7.80. The molecule has 0 aliphatic heterocycles. The number of ether oxygens (including phenoxy) is 1. The predicted octanol–water partition coefficient (Wildman–Crippen LogP) is 4.03. The van der Waals surface area contributed by atoms with Gasteiger partial charge >= 0.3 is 6.09 Å². The largest absolute Gasteiger partial charge is 0.453 e. The number of nitrogens with zero attached hydrogens (tertiary/aromatic N) is 2. The summed E-state index contributed by atoms with van der Waals surface area (Å²) in [4.78, 5) is 32.9. The van der Waals surface area contributed by atoms with Gasteiger partial charge in [-0.2, -0.15) is 0 Å². The van der Waals surface area contributed by atoms with Crippen LogP contribution in [-0.2, 0) is 9.53 Å². The van der Waals surface area contributed by atoms with Crippen molar-refractivity contribution in [1.29, 1.82) is 0 Å². The molecule has 0 saturated heterocycles. The van der Waals surface area contributed by atoms with Crippen molar-refractivity contribution in [2.24, 2.45) is 0 Å². The molecule has 2 heterocycles. The van der Waals surface area contributed by atoms with Crippen LogP contribution in [0.3, 0.4) is 0 Å². The van der Waals surface area contributed by atoms with E-state index in [1.807, 2.05) is 12.3 Å². The summed E-state index contributed by atoms with van der Waals surface area (Å²) in [7, 11) is 1.22. The molecular weight excluding hydrogens is 370 g/mol. The maximum absolute atomic E-state index is 12.1. The standard InChI is InChI=1S/C18H17N3O3S2/c1-10-4-6-12(7-5-10)13-8-25-16-14(13)17(20-9-19-16)26-11(2)15(22)21-18(23)24-3/h4-9,11H,1-3H3,(H,21,22,23)/t11-/m1/s1. The Morgan fingerprint density at radius 3 is 2.65 bits per heavy atom. The molecule has 8 heteroatoms. The first kappa shape index (κ1) is 18.3. The van der Waals surface area contributed by atoms with Crippen LogP contribution in [0.4, 0.5) is 4.79 Å². The van der Waals surface area contributed by atoms with Crippen LogP contribution in [0.1, 0.15) is 12.5 Å². The van der Waals surface area contributed by atoms with Crippen molar-refractivity contribution >= 4 is 45.3 Å². The molecule has 0 saturated carbocycles. The molecule has 3 aromatic rings. The molecule has 0 spiro atoms. The molecule has 0 radical (unpaired) electrons. The fourth-order valence-electron chi connectivity index (χ4n) is 2.36. The summed E-state index contributed by atoms with van der Waals surface area (Å²) >= 11 is 2.82. The highest BCUT2D eigenvalue weighted by Gasteiger charge is 2.21. The molecule has 1 aromatic carbocycles. The summed E-state index contributed by atoms with van der Waals surface area (Å²) in [5, 5.41) is 5.34. The molecule has 1 N–H and O–H groups in total. The monoisotopic (exact) mass is 387 g/mol. The molecule has 0 bridgehead atoms. The number of carbonyl (C=O) groups is 2. The van der Waals surface area contributed by atoms with Crippen LogP contribution in [0.25, 0.3) is 21.3 Å². The molecule has 26 heavy (non-hydrogen) atoms. The number of aromatic nitrogens is 2. The van der Waals surface area contributed by atoms with E-state index in [0.717, 1.165) is 21.3 Å². The van der Waals surface area contributed by atoms with Crippen molar-refractivity contribution in [1.82, 2.24) is 15.3 Å². The summed E-state index contributed by atoms with van der Waals surface area (Å²) in [6.45, 7) is 3.76. The molecule has 2 amide bonds. The molecule has 6 nitrogen and oxygen atoms in total. The number of hydrogen-bond acceptors (Lipinski definition) is 7. The van der Waals surface area contributed by atoms with Crippen LogP contribution in [0.5, 0.6) is 0 Å². The lowest BCUT2D eigenvalue weighted by molar-refractivity contribution is -0.119. The summed E-state index contributed by atoms with van der Waals surface area (Å²) in [5.74, 6) is -0.430. The topological polar surface area (TPSA) is 81.2 Å². The van der Waals surface area contributed by atoms with E-state index in [0.29, 0.717) is 5.03 Å². The van der Waals surface area contributed by atoms with E-state index in [1.165, 1.54) is 42.1 Å². The number of benzene rings is 1. The number of amides is 2. The van der Waals surface area contributed by atoms with Crippen molar-refractivity contribution in [3.8, 4) is 11.1 Å². The molecule has 0 unspecified atom stereocenters. The van der Waals surface area contributed by atoms with E-state index in [-0.39, 0.29) is 0 Å². The van der Waals surface area contributed by atoms with Gasteiger partial charge in [0.2, 0.25) is 5.91 Å². The maximum atomic E-state index is 12.1. The Labute approximate surface area is 159 Å². The third kappa shape index (κ3) is 3.86. The Bertz CT molecular complexity index is 954. The summed E-state index contributed by atoms with van der Waals surface area (Å²) in [6.07, 6.45) is 0.719. The van der Waals surface area contributed by atoms with Gasteiger partial charge in [-0.05, 0) is 19.4 Å². The predicted molar refractivity (Wildman–Crippen MR) is 103 cm³/mol. The van der Waals surface area contributed by atoms with E-state index < -0.39 is 17.3 Å². The molecule has 0 aliphatic carbocycles. The number of aryl methyl sites for hydroxylation is 1. The number of fused-ring (bicyclic) bond motifs is 1. The van der Waals surface area contributed by atoms with E-state index in [1.54, 1.807) is 6.92 Å². The summed E-state index contributed by atoms with van der Waals surface area (Å²) in [5.41, 5.74) is 3.30. The normalized spacial score (nSPS) is 12.0. The highest BCUT2D eigenvalue weighted by atomic mass is 32.2. The van der Waals surface area contributed by atoms with Gasteiger partial charge in [0.05, 0.1) is 17.7 Å². The van der Waals surface area contributed by atoms with Crippen LogP contribution in [0.2, 0.25) is 0 Å². The molecular formula is C18H17N3O3S2. The maximum Gasteiger partial charge on any atom is 0.413 e. The van der Waals surface area contributed by atoms with Gasteiger partial charge in [0.1, 0.15) is 16.2 Å². The molecule has 1 atom stereocenters. The van der Waals surface area contributed by atoms with Gasteiger partial charge in [-0.3, -0.25) is 10.1 Å². The number of methoxy groups -OCH3 is 1. The average molecular weight is 387 g/mol. The number of carbonyl (C=O) groups excluding carboxylic acids is 2. The van der Waals surface area contributed by atoms with E-state index in [4.69, 9.17) is 0 Å². The average Bonchev–Trinajstić information content (AvgIpc) is 3.07. The Balaban J connectivity index is 1.94. The lowest BCUT2D eigenvalue weighted by Gasteiger charge is -2.11. The number of hydrogen-bond donors (Lipinski definition) is 1. The molecule has 0 aliphatic rings. The Morgan fingerprint density at radius 2 is 1.96 bits per heavy atom. The number of thioether (sulfide) groups is 1. The van der Waals surface area contributed by atoms with Crippen LogP contribution in [-0.4, -0.2) is 34.3 Å². The lowest BCUT2D eigenvalue weighted by Crippen LogP contribution is -2.35. The third-order valence-corrected chi connectivity index (χ3v) is 5.75. The van der Waals surface area contributed by atoms with Crippen molar-refractivity contribution in [3.63, 3.8) is 0 Å². The zero-order valence-corrected chi connectivity index (χ0v) is 16.1. The van der Waals surface area contributed by atoms with Crippen LogP contribution >= 0.6 is 23.1 Å². The smallest absolute Gasteiger partial charge is 0.413 e. The van der Waals surface area contributed by atoms with E-state index in [2.05, 4.69) is 44.3 Å². The highest BCUT2D eigenvalue weighted by molar-refractivity contribution is 8.00. The van der Waals surface area contributed by atoms with Crippen molar-refractivity contribution in [2.45, 2.75) is 24.1 Å². The Morgan fingerprint density at radius 1 is 1.23 bits per heavy atom. The zero-order chi connectivity index (χ0) is 18.7. The minimum Gasteiger partial charge on any atom is -0.453 e. The number of rotatable bonds is 4. The number of alkyl carbamates (subject to hydrolysis) is 1. The third-order valence-electron chi connectivity index (χ3n) is 3.77. The Kier molecular flexibility index (Phi) is 5.53. The van der Waals surface area contributed by atoms with Crippen molar-refractivity contribution < 1.29 is 14.3 Å². The minimum atomic E-state index is -0.772. The van der Waals surface area contributed by atoms with Gasteiger partial charge in [-0.1, -0.05) is 41.6 Å². The molecule has 134 valence electrons. The second-order valence-electron chi connectivity index (χ2n) is 5.62. The highest BCUT2D eigenvalue weighted by Crippen LogP contribution is 2.38. The van der Waals surface area contributed by atoms with Crippen molar-refractivity contribution in [3.05, 3.63) is 41.5 Å².